The largest absolute Gasteiger partial charge is 0.489 e. The van der Waals surface area contributed by atoms with Crippen LogP contribution in [0.3, 0.4) is 0 Å². The number of ether oxygens (including phenoxy) is 1. The molecule has 0 amide bonds. The summed E-state index contributed by atoms with van der Waals surface area (Å²) in [4.78, 5) is 0. The van der Waals surface area contributed by atoms with Crippen LogP contribution in [-0.2, 0) is 6.61 Å². The van der Waals surface area contributed by atoms with Gasteiger partial charge in [-0.05, 0) is 23.3 Å². The zero-order valence-electron chi connectivity index (χ0n) is 12.3. The van der Waals surface area contributed by atoms with E-state index in [1.54, 1.807) is 0 Å². The number of benzene rings is 3. The summed E-state index contributed by atoms with van der Waals surface area (Å²) >= 11 is 0. The van der Waals surface area contributed by atoms with Gasteiger partial charge >= 0.3 is 0 Å². The number of hydrogen-bond acceptors (Lipinski definition) is 2. The molecule has 0 saturated heterocycles. The van der Waals surface area contributed by atoms with E-state index < -0.39 is 0 Å². The van der Waals surface area contributed by atoms with Gasteiger partial charge in [-0.2, -0.15) is 0 Å². The molecule has 1 N–H and O–H groups in total. The molecule has 0 aliphatic rings. The van der Waals surface area contributed by atoms with Gasteiger partial charge in [-0.1, -0.05) is 66.7 Å². The van der Waals surface area contributed by atoms with Crippen molar-refractivity contribution in [3.63, 3.8) is 0 Å². The van der Waals surface area contributed by atoms with Crippen LogP contribution in [0, 0.1) is 6.54 Å². The minimum Gasteiger partial charge on any atom is -0.489 e. The molecule has 0 aliphatic heterocycles. The molecule has 2 nitrogen and oxygen atoms in total. The number of anilines is 1. The van der Waals surface area contributed by atoms with Crippen LogP contribution in [0.15, 0.2) is 84.9 Å². The summed E-state index contributed by atoms with van der Waals surface area (Å²) in [6.45, 7) is 2.56. The first-order valence-corrected chi connectivity index (χ1v) is 7.32. The third kappa shape index (κ3) is 4.13. The number of nitrogens with one attached hydrogen (secondary N) is 1. The van der Waals surface area contributed by atoms with Crippen molar-refractivity contribution in [2.75, 3.05) is 5.32 Å². The summed E-state index contributed by atoms with van der Waals surface area (Å²) < 4.78 is 5.83. The Bertz CT molecular complexity index is 636. The van der Waals surface area contributed by atoms with E-state index in [1.165, 1.54) is 0 Å². The molecule has 0 heterocycles. The van der Waals surface area contributed by atoms with Crippen molar-refractivity contribution in [2.24, 2.45) is 0 Å². The van der Waals surface area contributed by atoms with Crippen LogP contribution in [0.4, 0.5) is 5.69 Å². The highest BCUT2D eigenvalue weighted by molar-refractivity contribution is 5.51. The maximum atomic E-state index is 5.83. The van der Waals surface area contributed by atoms with Crippen LogP contribution in [0.5, 0.6) is 5.75 Å². The summed E-state index contributed by atoms with van der Waals surface area (Å²) in [7, 11) is 0. The molecule has 0 aromatic heterocycles. The highest BCUT2D eigenvalue weighted by Crippen LogP contribution is 2.19. The van der Waals surface area contributed by atoms with Gasteiger partial charge in [0.25, 0.3) is 0 Å². The minimum atomic E-state index is 0.576. The zero-order valence-corrected chi connectivity index (χ0v) is 12.3. The van der Waals surface area contributed by atoms with E-state index in [9.17, 15) is 0 Å². The summed E-state index contributed by atoms with van der Waals surface area (Å²) in [6.07, 6.45) is 0. The van der Waals surface area contributed by atoms with Gasteiger partial charge in [0.2, 0.25) is 0 Å². The third-order valence-electron chi connectivity index (χ3n) is 3.29. The molecule has 3 aromatic rings. The highest BCUT2D eigenvalue weighted by Gasteiger charge is 1.99. The Morgan fingerprint density at radius 3 is 2.27 bits per heavy atom. The number of hydrogen-bond donors (Lipinski definition) is 1. The lowest BCUT2D eigenvalue weighted by atomic mass is 10.2. The van der Waals surface area contributed by atoms with Crippen molar-refractivity contribution in [1.82, 2.24) is 0 Å². The molecule has 1 radical (unpaired) electrons. The molecule has 2 heteroatoms. The van der Waals surface area contributed by atoms with E-state index >= 15 is 0 Å². The van der Waals surface area contributed by atoms with Crippen molar-refractivity contribution < 1.29 is 4.74 Å². The van der Waals surface area contributed by atoms with Crippen LogP contribution in [0.25, 0.3) is 0 Å². The molecule has 0 fully saturated rings. The SMILES string of the molecule is [CH](Nc1cccc(OCc2ccccc2)c1)c1ccccc1. The Hall–Kier alpha value is -2.74. The molecule has 109 valence electrons. The van der Waals surface area contributed by atoms with Gasteiger partial charge in [-0.25, -0.2) is 0 Å². The van der Waals surface area contributed by atoms with Gasteiger partial charge < -0.3 is 10.1 Å². The van der Waals surface area contributed by atoms with Crippen LogP contribution in [0.2, 0.25) is 0 Å². The summed E-state index contributed by atoms with van der Waals surface area (Å²) in [6, 6.07) is 28.3. The summed E-state index contributed by atoms with van der Waals surface area (Å²) in [5.41, 5.74) is 3.31. The van der Waals surface area contributed by atoms with Gasteiger partial charge in [0, 0.05) is 11.8 Å². The van der Waals surface area contributed by atoms with E-state index in [1.807, 2.05) is 67.2 Å². The van der Waals surface area contributed by atoms with Crippen molar-refractivity contribution in [2.45, 2.75) is 6.61 Å². The lowest BCUT2D eigenvalue weighted by Gasteiger charge is -2.10. The van der Waals surface area contributed by atoms with Crippen LogP contribution in [0.1, 0.15) is 11.1 Å². The first-order valence-electron chi connectivity index (χ1n) is 7.32. The molecule has 0 atom stereocenters. The summed E-state index contributed by atoms with van der Waals surface area (Å²) in [5.74, 6) is 0.857. The van der Waals surface area contributed by atoms with Gasteiger partial charge in [0.05, 0.1) is 6.54 Å². The van der Waals surface area contributed by atoms with Crippen molar-refractivity contribution in [3.05, 3.63) is 103 Å². The molecule has 0 spiro atoms. The second kappa shape index (κ2) is 7.32. The Labute approximate surface area is 131 Å². The second-order valence-electron chi connectivity index (χ2n) is 5.00. The van der Waals surface area contributed by atoms with Gasteiger partial charge in [-0.15, -0.1) is 0 Å². The molecule has 3 rings (SSSR count). The minimum absolute atomic E-state index is 0.576. The van der Waals surface area contributed by atoms with Crippen molar-refractivity contribution >= 4 is 5.69 Å². The lowest BCUT2D eigenvalue weighted by molar-refractivity contribution is 0.306. The summed E-state index contributed by atoms with van der Waals surface area (Å²) in [5, 5.41) is 3.29. The first-order chi connectivity index (χ1) is 10.9. The maximum absolute atomic E-state index is 5.83. The standard InChI is InChI=1S/C20H18NO/c1-3-8-17(9-4-1)15-21-19-12-7-13-20(14-19)22-16-18-10-5-2-6-11-18/h1-15,21H,16H2. The average molecular weight is 288 g/mol. The highest BCUT2D eigenvalue weighted by atomic mass is 16.5. The monoisotopic (exact) mass is 288 g/mol. The van der Waals surface area contributed by atoms with E-state index in [4.69, 9.17) is 4.74 Å². The Kier molecular flexibility index (Phi) is 4.73. The van der Waals surface area contributed by atoms with E-state index in [0.29, 0.717) is 6.61 Å². The zero-order chi connectivity index (χ0) is 15.0. The Morgan fingerprint density at radius 1 is 0.773 bits per heavy atom. The fourth-order valence-electron chi connectivity index (χ4n) is 2.13. The van der Waals surface area contributed by atoms with Crippen LogP contribution >= 0.6 is 0 Å². The second-order valence-corrected chi connectivity index (χ2v) is 5.00. The smallest absolute Gasteiger partial charge is 0.121 e. The van der Waals surface area contributed by atoms with Crippen LogP contribution < -0.4 is 10.1 Å². The fraction of sp³-hybridized carbons (Fsp3) is 0.0500. The quantitative estimate of drug-likeness (QED) is 0.697. The molecule has 22 heavy (non-hydrogen) atoms. The third-order valence-corrected chi connectivity index (χ3v) is 3.29. The molecule has 0 aliphatic carbocycles. The topological polar surface area (TPSA) is 21.3 Å². The van der Waals surface area contributed by atoms with E-state index in [0.717, 1.165) is 22.6 Å². The predicted octanol–water partition coefficient (Wildman–Crippen LogP) is 4.89. The fourth-order valence-corrected chi connectivity index (χ4v) is 2.13. The average Bonchev–Trinajstić information content (AvgIpc) is 2.60. The molecular weight excluding hydrogens is 270 g/mol. The molecule has 0 bridgehead atoms. The van der Waals surface area contributed by atoms with Crippen molar-refractivity contribution in [3.8, 4) is 5.75 Å². The van der Waals surface area contributed by atoms with Gasteiger partial charge in [0.15, 0.2) is 0 Å². The predicted molar refractivity (Wildman–Crippen MR) is 90.7 cm³/mol. The van der Waals surface area contributed by atoms with Gasteiger partial charge in [-0.3, -0.25) is 0 Å². The molecular formula is C20H18NO. The van der Waals surface area contributed by atoms with Crippen LogP contribution in [-0.4, -0.2) is 0 Å². The molecule has 0 unspecified atom stereocenters. The maximum Gasteiger partial charge on any atom is 0.121 e. The lowest BCUT2D eigenvalue weighted by Crippen LogP contribution is -1.98. The Balaban J connectivity index is 1.58. The molecule has 3 aromatic carbocycles. The van der Waals surface area contributed by atoms with Gasteiger partial charge in [0.1, 0.15) is 12.4 Å². The Morgan fingerprint density at radius 2 is 1.50 bits per heavy atom. The normalized spacial score (nSPS) is 10.2. The van der Waals surface area contributed by atoms with E-state index in [2.05, 4.69) is 29.6 Å². The first kappa shape index (κ1) is 14.2. The number of rotatable bonds is 6. The van der Waals surface area contributed by atoms with E-state index in [-0.39, 0.29) is 0 Å². The van der Waals surface area contributed by atoms with Crippen molar-refractivity contribution in [1.29, 1.82) is 0 Å². The molecule has 0 saturated carbocycles.